The SMILES string of the molecule is c1ccc(CNCc2ccc(N3CCc4ccccc4C3)nc2)nc1. The van der Waals surface area contributed by atoms with Gasteiger partial charge in [0, 0.05) is 38.6 Å². The minimum Gasteiger partial charge on any atom is -0.352 e. The topological polar surface area (TPSA) is 41.0 Å². The van der Waals surface area contributed by atoms with Gasteiger partial charge in [0.25, 0.3) is 0 Å². The summed E-state index contributed by atoms with van der Waals surface area (Å²) in [6.07, 6.45) is 4.89. The van der Waals surface area contributed by atoms with Crippen LogP contribution in [0.4, 0.5) is 5.82 Å². The molecule has 3 heterocycles. The van der Waals surface area contributed by atoms with Crippen molar-refractivity contribution < 1.29 is 0 Å². The minimum atomic E-state index is 0.769. The minimum absolute atomic E-state index is 0.769. The quantitative estimate of drug-likeness (QED) is 0.779. The fourth-order valence-corrected chi connectivity index (χ4v) is 3.24. The molecule has 126 valence electrons. The van der Waals surface area contributed by atoms with Gasteiger partial charge < -0.3 is 10.2 Å². The van der Waals surface area contributed by atoms with Crippen LogP contribution in [0.5, 0.6) is 0 Å². The summed E-state index contributed by atoms with van der Waals surface area (Å²) >= 11 is 0. The van der Waals surface area contributed by atoms with Crippen LogP contribution >= 0.6 is 0 Å². The van der Waals surface area contributed by atoms with Crippen molar-refractivity contribution >= 4 is 5.82 Å². The number of rotatable bonds is 5. The number of nitrogens with zero attached hydrogens (tertiary/aromatic N) is 3. The number of aromatic nitrogens is 2. The maximum atomic E-state index is 4.67. The third kappa shape index (κ3) is 3.86. The fourth-order valence-electron chi connectivity index (χ4n) is 3.24. The molecule has 3 aromatic rings. The van der Waals surface area contributed by atoms with Crippen LogP contribution in [0.1, 0.15) is 22.4 Å². The molecule has 0 aliphatic carbocycles. The molecule has 0 spiro atoms. The van der Waals surface area contributed by atoms with E-state index in [-0.39, 0.29) is 0 Å². The number of benzene rings is 1. The van der Waals surface area contributed by atoms with Gasteiger partial charge in [-0.1, -0.05) is 36.4 Å². The Labute approximate surface area is 148 Å². The van der Waals surface area contributed by atoms with Gasteiger partial charge in [0.1, 0.15) is 5.82 Å². The zero-order chi connectivity index (χ0) is 16.9. The fraction of sp³-hybridized carbons (Fsp3) is 0.238. The van der Waals surface area contributed by atoms with Crippen molar-refractivity contribution in [3.8, 4) is 0 Å². The largest absolute Gasteiger partial charge is 0.352 e. The van der Waals surface area contributed by atoms with Gasteiger partial charge in [-0.25, -0.2) is 4.98 Å². The number of anilines is 1. The van der Waals surface area contributed by atoms with Gasteiger partial charge in [-0.15, -0.1) is 0 Å². The van der Waals surface area contributed by atoms with Gasteiger partial charge >= 0.3 is 0 Å². The molecule has 0 amide bonds. The third-order valence-corrected chi connectivity index (χ3v) is 4.63. The lowest BCUT2D eigenvalue weighted by molar-refractivity contribution is 0.676. The maximum Gasteiger partial charge on any atom is 0.128 e. The van der Waals surface area contributed by atoms with Crippen LogP contribution < -0.4 is 10.2 Å². The number of fused-ring (bicyclic) bond motifs is 1. The Hall–Kier alpha value is -2.72. The van der Waals surface area contributed by atoms with Crippen molar-refractivity contribution in [2.45, 2.75) is 26.1 Å². The van der Waals surface area contributed by atoms with Crippen LogP contribution in [-0.4, -0.2) is 16.5 Å². The van der Waals surface area contributed by atoms with E-state index in [2.05, 4.69) is 56.6 Å². The first-order valence-corrected chi connectivity index (χ1v) is 8.76. The van der Waals surface area contributed by atoms with Gasteiger partial charge in [0.15, 0.2) is 0 Å². The molecular formula is C21H22N4. The Morgan fingerprint density at radius 3 is 2.56 bits per heavy atom. The molecule has 0 atom stereocenters. The van der Waals surface area contributed by atoms with Crippen molar-refractivity contribution in [1.82, 2.24) is 15.3 Å². The summed E-state index contributed by atoms with van der Waals surface area (Å²) < 4.78 is 0. The molecule has 0 fully saturated rings. The summed E-state index contributed by atoms with van der Waals surface area (Å²) in [6.45, 7) is 3.54. The maximum absolute atomic E-state index is 4.67. The summed E-state index contributed by atoms with van der Waals surface area (Å²) in [7, 11) is 0. The van der Waals surface area contributed by atoms with Gasteiger partial charge in [-0.3, -0.25) is 4.98 Å². The molecule has 4 rings (SSSR count). The summed E-state index contributed by atoms with van der Waals surface area (Å²) in [5, 5.41) is 3.41. The summed E-state index contributed by atoms with van der Waals surface area (Å²) in [5.74, 6) is 1.06. The predicted octanol–water partition coefficient (Wildman–Crippen LogP) is 3.33. The van der Waals surface area contributed by atoms with E-state index in [4.69, 9.17) is 0 Å². The molecule has 1 aliphatic rings. The molecule has 1 aliphatic heterocycles. The summed E-state index contributed by atoms with van der Waals surface area (Å²) in [6, 6.07) is 19.0. The molecule has 2 aromatic heterocycles. The second-order valence-corrected chi connectivity index (χ2v) is 6.39. The van der Waals surface area contributed by atoms with Crippen LogP contribution in [0, 0.1) is 0 Å². The Bertz CT molecular complexity index is 815. The van der Waals surface area contributed by atoms with E-state index in [0.29, 0.717) is 0 Å². The van der Waals surface area contributed by atoms with Crippen molar-refractivity contribution in [1.29, 1.82) is 0 Å². The molecule has 4 nitrogen and oxygen atoms in total. The van der Waals surface area contributed by atoms with E-state index < -0.39 is 0 Å². The van der Waals surface area contributed by atoms with E-state index in [1.807, 2.05) is 30.6 Å². The first-order valence-electron chi connectivity index (χ1n) is 8.76. The highest BCUT2D eigenvalue weighted by atomic mass is 15.2. The third-order valence-electron chi connectivity index (χ3n) is 4.63. The van der Waals surface area contributed by atoms with Gasteiger partial charge in [-0.05, 0) is 41.3 Å². The Morgan fingerprint density at radius 2 is 1.76 bits per heavy atom. The Kier molecular flexibility index (Phi) is 4.70. The van der Waals surface area contributed by atoms with Gasteiger partial charge in [-0.2, -0.15) is 0 Å². The van der Waals surface area contributed by atoms with E-state index in [1.54, 1.807) is 0 Å². The zero-order valence-electron chi connectivity index (χ0n) is 14.2. The van der Waals surface area contributed by atoms with Crippen molar-refractivity contribution in [3.05, 3.63) is 89.4 Å². The van der Waals surface area contributed by atoms with E-state index >= 15 is 0 Å². The first-order chi connectivity index (χ1) is 12.4. The van der Waals surface area contributed by atoms with Crippen LogP contribution in [-0.2, 0) is 26.1 Å². The lowest BCUT2D eigenvalue weighted by Gasteiger charge is -2.29. The van der Waals surface area contributed by atoms with Crippen LogP contribution in [0.25, 0.3) is 0 Å². The average molecular weight is 330 g/mol. The van der Waals surface area contributed by atoms with Crippen LogP contribution in [0.3, 0.4) is 0 Å². The van der Waals surface area contributed by atoms with E-state index in [0.717, 1.165) is 44.1 Å². The molecule has 25 heavy (non-hydrogen) atoms. The first kappa shape index (κ1) is 15.8. The van der Waals surface area contributed by atoms with Crippen LogP contribution in [0.2, 0.25) is 0 Å². The van der Waals surface area contributed by atoms with Crippen molar-refractivity contribution in [3.63, 3.8) is 0 Å². The standard InChI is InChI=1S/C21H22N4/c1-2-6-19-16-25(12-10-18(19)5-1)21-9-8-17(14-24-21)13-22-15-20-7-3-4-11-23-20/h1-9,11,14,22H,10,12-13,15-16H2. The van der Waals surface area contributed by atoms with Crippen LogP contribution in [0.15, 0.2) is 67.0 Å². The summed E-state index contributed by atoms with van der Waals surface area (Å²) in [5.41, 5.74) is 5.13. The predicted molar refractivity (Wildman–Crippen MR) is 100 cm³/mol. The molecule has 0 radical (unpaired) electrons. The molecule has 0 unspecified atom stereocenters. The van der Waals surface area contributed by atoms with Crippen molar-refractivity contribution in [2.75, 3.05) is 11.4 Å². The molecule has 0 saturated heterocycles. The Morgan fingerprint density at radius 1 is 0.880 bits per heavy atom. The van der Waals surface area contributed by atoms with E-state index in [9.17, 15) is 0 Å². The lowest BCUT2D eigenvalue weighted by Crippen LogP contribution is -2.30. The average Bonchev–Trinajstić information content (AvgIpc) is 2.69. The Balaban J connectivity index is 1.34. The normalized spacial score (nSPS) is 13.5. The van der Waals surface area contributed by atoms with E-state index in [1.165, 1.54) is 16.7 Å². The lowest BCUT2D eigenvalue weighted by atomic mass is 10.00. The highest BCUT2D eigenvalue weighted by Crippen LogP contribution is 2.22. The highest BCUT2D eigenvalue weighted by molar-refractivity contribution is 5.44. The molecular weight excluding hydrogens is 308 g/mol. The van der Waals surface area contributed by atoms with Crippen molar-refractivity contribution in [2.24, 2.45) is 0 Å². The molecule has 0 bridgehead atoms. The summed E-state index contributed by atoms with van der Waals surface area (Å²) in [4.78, 5) is 11.3. The highest BCUT2D eigenvalue weighted by Gasteiger charge is 2.16. The number of pyridine rings is 2. The van der Waals surface area contributed by atoms with Gasteiger partial charge in [0.2, 0.25) is 0 Å². The second-order valence-electron chi connectivity index (χ2n) is 6.39. The molecule has 1 N–H and O–H groups in total. The number of nitrogens with one attached hydrogen (secondary N) is 1. The zero-order valence-corrected chi connectivity index (χ0v) is 14.2. The smallest absolute Gasteiger partial charge is 0.128 e. The number of hydrogen-bond acceptors (Lipinski definition) is 4. The molecule has 4 heteroatoms. The molecule has 1 aromatic carbocycles. The number of hydrogen-bond donors (Lipinski definition) is 1. The van der Waals surface area contributed by atoms with Gasteiger partial charge in [0.05, 0.1) is 5.69 Å². The monoisotopic (exact) mass is 330 g/mol. The molecule has 0 saturated carbocycles. The second kappa shape index (κ2) is 7.45.